The van der Waals surface area contributed by atoms with Crippen LogP contribution in [0.1, 0.15) is 140 Å². The molecule has 0 aromatic heterocycles. The average molecular weight is 781 g/mol. The van der Waals surface area contributed by atoms with Gasteiger partial charge in [-0.25, -0.2) is 4.79 Å². The molecule has 3 amide bonds. The summed E-state index contributed by atoms with van der Waals surface area (Å²) in [5.74, 6) is -1.70. The maximum atomic E-state index is 14.7. The van der Waals surface area contributed by atoms with Crippen LogP contribution in [0.2, 0.25) is 0 Å². The maximum absolute atomic E-state index is 14.7. The molecule has 56 heavy (non-hydrogen) atoms. The molecule has 314 valence electrons. The molecule has 3 aliphatic rings. The number of fused-ring (bicyclic) bond motifs is 1. The predicted octanol–water partition coefficient (Wildman–Crippen LogP) is 7.62. The summed E-state index contributed by atoms with van der Waals surface area (Å²) in [6, 6.07) is 8.08. The summed E-state index contributed by atoms with van der Waals surface area (Å²) in [4.78, 5) is 75.3. The molecule has 11 nitrogen and oxygen atoms in total. The normalized spacial score (nSPS) is 27.3. The van der Waals surface area contributed by atoms with Crippen LogP contribution in [0, 0.1) is 29.6 Å². The maximum Gasteiger partial charge on any atom is 0.410 e. The van der Waals surface area contributed by atoms with Crippen molar-refractivity contribution >= 4 is 29.5 Å². The van der Waals surface area contributed by atoms with Crippen LogP contribution >= 0.6 is 0 Å². The highest BCUT2D eigenvalue weighted by molar-refractivity contribution is 5.94. The van der Waals surface area contributed by atoms with Crippen LogP contribution in [0.3, 0.4) is 0 Å². The number of ether oxygens (including phenoxy) is 1. The van der Waals surface area contributed by atoms with E-state index in [4.69, 9.17) is 4.74 Å². The Hall–Kier alpha value is -3.31. The molecule has 3 saturated heterocycles. The molecule has 3 aliphatic heterocycles. The van der Waals surface area contributed by atoms with E-state index in [1.807, 2.05) is 71.9 Å². The summed E-state index contributed by atoms with van der Waals surface area (Å²) < 4.78 is 5.96. The number of nitrogens with zero attached hydrogens (tertiary/aromatic N) is 3. The Bertz CT molecular complexity index is 1520. The van der Waals surface area contributed by atoms with Gasteiger partial charge in [0.05, 0.1) is 12.1 Å². The monoisotopic (exact) mass is 781 g/mol. The van der Waals surface area contributed by atoms with E-state index in [2.05, 4.69) is 19.2 Å². The largest absolute Gasteiger partial charge is 0.444 e. The minimum atomic E-state index is -0.838. The summed E-state index contributed by atoms with van der Waals surface area (Å²) in [7, 11) is 0. The van der Waals surface area contributed by atoms with Crippen LogP contribution in [-0.4, -0.2) is 97.4 Å². The van der Waals surface area contributed by atoms with Crippen molar-refractivity contribution in [1.29, 1.82) is 0 Å². The minimum Gasteiger partial charge on any atom is -0.444 e. The van der Waals surface area contributed by atoms with Gasteiger partial charge in [0.25, 0.3) is 0 Å². The van der Waals surface area contributed by atoms with Crippen molar-refractivity contribution in [1.82, 2.24) is 20.2 Å². The van der Waals surface area contributed by atoms with Gasteiger partial charge in [0.2, 0.25) is 11.8 Å². The third-order valence-electron chi connectivity index (χ3n) is 12.2. The fourth-order valence-corrected chi connectivity index (χ4v) is 9.68. The quantitative estimate of drug-likeness (QED) is 0.275. The molecule has 3 heterocycles. The average Bonchev–Trinajstić information content (AvgIpc) is 3.57. The molecule has 0 radical (unpaired) electrons. The molecule has 1 aromatic rings. The zero-order valence-corrected chi connectivity index (χ0v) is 36.2. The van der Waals surface area contributed by atoms with Gasteiger partial charge in [-0.2, -0.15) is 5.06 Å². The molecule has 0 saturated carbocycles. The third kappa shape index (κ3) is 11.9. The third-order valence-corrected chi connectivity index (χ3v) is 12.2. The number of amides is 3. The van der Waals surface area contributed by atoms with Crippen molar-refractivity contribution < 1.29 is 33.9 Å². The summed E-state index contributed by atoms with van der Waals surface area (Å²) in [6.45, 7) is 22.0. The summed E-state index contributed by atoms with van der Waals surface area (Å²) in [6.07, 6.45) is 3.21. The van der Waals surface area contributed by atoms with E-state index in [1.165, 1.54) is 5.06 Å². The van der Waals surface area contributed by atoms with Crippen molar-refractivity contribution in [2.45, 2.75) is 175 Å². The summed E-state index contributed by atoms with van der Waals surface area (Å²) in [5.41, 5.74) is -0.988. The Morgan fingerprint density at radius 2 is 1.54 bits per heavy atom. The number of hydroxylamine groups is 2. The van der Waals surface area contributed by atoms with Gasteiger partial charge in [0.1, 0.15) is 5.60 Å². The van der Waals surface area contributed by atoms with Crippen molar-refractivity contribution in [2.75, 3.05) is 13.1 Å². The fourth-order valence-electron chi connectivity index (χ4n) is 9.68. The zero-order chi connectivity index (χ0) is 41.7. The molecule has 4 rings (SSSR count). The van der Waals surface area contributed by atoms with Crippen LogP contribution in [0.25, 0.3) is 0 Å². The first kappa shape index (κ1) is 45.4. The van der Waals surface area contributed by atoms with Crippen LogP contribution < -0.4 is 5.32 Å². The Morgan fingerprint density at radius 3 is 2.11 bits per heavy atom. The molecule has 0 aliphatic carbocycles. The number of rotatable bonds is 8. The summed E-state index contributed by atoms with van der Waals surface area (Å²) >= 11 is 0. The standard InChI is InChI=1S/C45H72N4O7/c1-29(2)22-37-38(50)24-33(23-31-16-13-12-14-17-31)41(53)47-20-15-18-36(47)39(51)26-35(30(3)4)32(19-21-48(37)42(54)56-43(5,6)7)25-40(52)46-34-27-44(8,9)49(55)45(10,11)28-34/h12-14,16-17,29-30,32-37,55H,15,18-28H2,1-11H3,(H,46,52)/t32?,33-,35-,36-,37-/m0/s1. The number of piperidine rings is 1. The highest BCUT2D eigenvalue weighted by Gasteiger charge is 2.46. The minimum absolute atomic E-state index is 0.0118. The number of hydrogen-bond donors (Lipinski definition) is 2. The van der Waals surface area contributed by atoms with Gasteiger partial charge >= 0.3 is 6.09 Å². The molecule has 11 heteroatoms. The molecule has 3 fully saturated rings. The first-order valence-electron chi connectivity index (χ1n) is 21.2. The molecule has 2 N–H and O–H groups in total. The molecular formula is C45H72N4O7. The number of ketones is 2. The second-order valence-electron chi connectivity index (χ2n) is 20.0. The lowest BCUT2D eigenvalue weighted by Gasteiger charge is -2.51. The number of carbonyl (C=O) groups excluding carboxylic acids is 5. The van der Waals surface area contributed by atoms with Crippen molar-refractivity contribution in [3.8, 4) is 0 Å². The van der Waals surface area contributed by atoms with Crippen molar-refractivity contribution in [3.63, 3.8) is 0 Å². The Labute approximate surface area is 336 Å². The lowest BCUT2D eigenvalue weighted by molar-refractivity contribution is -0.246. The number of nitrogens with one attached hydrogen (secondary N) is 1. The second kappa shape index (κ2) is 18.5. The van der Waals surface area contributed by atoms with Gasteiger partial charge in [0, 0.05) is 55.4 Å². The molecular weight excluding hydrogens is 709 g/mol. The van der Waals surface area contributed by atoms with Gasteiger partial charge in [0.15, 0.2) is 11.6 Å². The van der Waals surface area contributed by atoms with E-state index in [1.54, 1.807) is 30.6 Å². The number of carbonyl (C=O) groups is 5. The lowest BCUT2D eigenvalue weighted by Crippen LogP contribution is -2.63. The van der Waals surface area contributed by atoms with Gasteiger partial charge in [-0.15, -0.1) is 0 Å². The van der Waals surface area contributed by atoms with Crippen LogP contribution in [0.4, 0.5) is 4.79 Å². The van der Waals surface area contributed by atoms with Crippen molar-refractivity contribution in [3.05, 3.63) is 35.9 Å². The Balaban J connectivity index is 1.76. The number of Topliss-reactive ketones (excluding diaryl/α,β-unsaturated/α-hetero) is 2. The van der Waals surface area contributed by atoms with Crippen LogP contribution in [-0.2, 0) is 30.3 Å². The van der Waals surface area contributed by atoms with Gasteiger partial charge in [-0.3, -0.25) is 24.1 Å². The highest BCUT2D eigenvalue weighted by Crippen LogP contribution is 2.38. The second-order valence-corrected chi connectivity index (χ2v) is 20.0. The van der Waals surface area contributed by atoms with E-state index in [-0.39, 0.29) is 78.9 Å². The smallest absolute Gasteiger partial charge is 0.410 e. The van der Waals surface area contributed by atoms with E-state index < -0.39 is 40.8 Å². The first-order chi connectivity index (χ1) is 26.0. The topological polar surface area (TPSA) is 137 Å². The zero-order valence-electron chi connectivity index (χ0n) is 36.2. The highest BCUT2D eigenvalue weighted by atomic mass is 16.6. The van der Waals surface area contributed by atoms with Crippen molar-refractivity contribution in [2.24, 2.45) is 29.6 Å². The predicted molar refractivity (Wildman–Crippen MR) is 218 cm³/mol. The SMILES string of the molecule is CC(C)C[C@H]1C(=O)C[C@H](Cc2ccccc2)C(=O)N2CCC[C@H]2C(=O)C[C@@H](C(C)C)C(CC(=O)NC2CC(C)(C)N(O)C(C)(C)C2)CCN1C(=O)OC(C)(C)C. The van der Waals surface area contributed by atoms with Gasteiger partial charge in [-0.05, 0) is 123 Å². The first-order valence-corrected chi connectivity index (χ1v) is 21.2. The van der Waals surface area contributed by atoms with Gasteiger partial charge < -0.3 is 20.2 Å². The fraction of sp³-hybridized carbons (Fsp3) is 0.756. The number of benzene rings is 1. The molecule has 5 atom stereocenters. The van der Waals surface area contributed by atoms with E-state index in [0.717, 1.165) is 5.56 Å². The van der Waals surface area contributed by atoms with Crippen LogP contribution in [0.15, 0.2) is 30.3 Å². The van der Waals surface area contributed by atoms with E-state index in [0.29, 0.717) is 51.5 Å². The molecule has 1 aromatic carbocycles. The Kier molecular flexibility index (Phi) is 15.0. The lowest BCUT2D eigenvalue weighted by atomic mass is 9.75. The Morgan fingerprint density at radius 1 is 0.911 bits per heavy atom. The molecule has 1 unspecified atom stereocenters. The van der Waals surface area contributed by atoms with Crippen LogP contribution in [0.5, 0.6) is 0 Å². The van der Waals surface area contributed by atoms with E-state index >= 15 is 0 Å². The number of hydrogen-bond acceptors (Lipinski definition) is 8. The summed E-state index contributed by atoms with van der Waals surface area (Å²) in [5, 5.41) is 15.5. The molecule has 0 bridgehead atoms. The van der Waals surface area contributed by atoms with Gasteiger partial charge in [-0.1, -0.05) is 58.0 Å². The van der Waals surface area contributed by atoms with E-state index in [9.17, 15) is 29.2 Å². The molecule has 0 spiro atoms.